The Morgan fingerprint density at radius 2 is 2.00 bits per heavy atom. The number of hydrogen-bond acceptors (Lipinski definition) is 5. The highest BCUT2D eigenvalue weighted by molar-refractivity contribution is 7.13. The lowest BCUT2D eigenvalue weighted by molar-refractivity contribution is -0.121. The molecule has 2 atom stereocenters. The summed E-state index contributed by atoms with van der Waals surface area (Å²) in [5, 5.41) is 16.5. The standard InChI is InChI=1S/C19H22FN3O2S/c1-12-11-26-18(21-12)22-17(24)10-23-15-6-7-16(23)9-19(25,8-15)13-2-4-14(20)5-3-13/h2-5,11,15-16,25H,6-10H2,1H3,(H,21,22,24). The lowest BCUT2D eigenvalue weighted by Gasteiger charge is -2.43. The van der Waals surface area contributed by atoms with Gasteiger partial charge >= 0.3 is 0 Å². The molecule has 1 amide bonds. The maximum absolute atomic E-state index is 13.2. The van der Waals surface area contributed by atoms with Crippen LogP contribution in [0.4, 0.5) is 9.52 Å². The van der Waals surface area contributed by atoms with Crippen molar-refractivity contribution in [2.45, 2.75) is 50.3 Å². The van der Waals surface area contributed by atoms with E-state index in [0.29, 0.717) is 24.5 Å². The van der Waals surface area contributed by atoms with Crippen LogP contribution in [0.25, 0.3) is 0 Å². The molecule has 7 heteroatoms. The van der Waals surface area contributed by atoms with Crippen molar-refractivity contribution in [3.05, 3.63) is 46.7 Å². The van der Waals surface area contributed by atoms with E-state index in [1.54, 1.807) is 12.1 Å². The first kappa shape index (κ1) is 17.6. The molecule has 4 rings (SSSR count). The number of aromatic nitrogens is 1. The SMILES string of the molecule is Cc1csc(NC(=O)CN2C3CCC2CC(O)(c2ccc(F)cc2)C3)n1. The number of nitrogens with one attached hydrogen (secondary N) is 1. The van der Waals surface area contributed by atoms with Crippen molar-refractivity contribution in [2.75, 3.05) is 11.9 Å². The minimum absolute atomic E-state index is 0.0662. The van der Waals surface area contributed by atoms with E-state index in [-0.39, 0.29) is 23.8 Å². The molecule has 2 aromatic rings. The number of carbonyl (C=O) groups is 1. The smallest absolute Gasteiger partial charge is 0.240 e. The van der Waals surface area contributed by atoms with Gasteiger partial charge in [-0.3, -0.25) is 9.69 Å². The third-order valence-electron chi connectivity index (χ3n) is 5.49. The number of carbonyl (C=O) groups excluding carboxylic acids is 1. The van der Waals surface area contributed by atoms with E-state index in [1.165, 1.54) is 23.5 Å². The molecule has 0 saturated carbocycles. The highest BCUT2D eigenvalue weighted by atomic mass is 32.1. The summed E-state index contributed by atoms with van der Waals surface area (Å²) >= 11 is 1.42. The number of hydrogen-bond donors (Lipinski definition) is 2. The van der Waals surface area contributed by atoms with E-state index in [1.807, 2.05) is 12.3 Å². The highest BCUT2D eigenvalue weighted by Crippen LogP contribution is 2.45. The number of fused-ring (bicyclic) bond motifs is 2. The summed E-state index contributed by atoms with van der Waals surface area (Å²) < 4.78 is 13.2. The van der Waals surface area contributed by atoms with E-state index < -0.39 is 5.60 Å². The van der Waals surface area contributed by atoms with E-state index in [2.05, 4.69) is 15.2 Å². The van der Waals surface area contributed by atoms with Crippen LogP contribution in [0, 0.1) is 12.7 Å². The molecule has 2 aliphatic rings. The molecule has 1 aromatic heterocycles. The predicted molar refractivity (Wildman–Crippen MR) is 98.5 cm³/mol. The normalized spacial score (nSPS) is 28.3. The third kappa shape index (κ3) is 3.39. The van der Waals surface area contributed by atoms with Crippen LogP contribution in [0.1, 0.15) is 36.9 Å². The van der Waals surface area contributed by atoms with Crippen molar-refractivity contribution in [3.63, 3.8) is 0 Å². The quantitative estimate of drug-likeness (QED) is 0.862. The Hall–Kier alpha value is -1.83. The van der Waals surface area contributed by atoms with Crippen molar-refractivity contribution in [1.82, 2.24) is 9.88 Å². The molecule has 2 saturated heterocycles. The van der Waals surface area contributed by atoms with Gasteiger partial charge in [0, 0.05) is 17.5 Å². The summed E-state index contributed by atoms with van der Waals surface area (Å²) in [5.74, 6) is -0.365. The lowest BCUT2D eigenvalue weighted by atomic mass is 9.80. The van der Waals surface area contributed by atoms with Gasteiger partial charge in [-0.05, 0) is 50.3 Å². The molecule has 3 heterocycles. The van der Waals surface area contributed by atoms with Crippen LogP contribution < -0.4 is 5.32 Å². The van der Waals surface area contributed by atoms with Crippen molar-refractivity contribution in [3.8, 4) is 0 Å². The molecular weight excluding hydrogens is 353 g/mol. The Bertz CT molecular complexity index is 793. The van der Waals surface area contributed by atoms with E-state index in [0.717, 1.165) is 24.1 Å². The number of rotatable bonds is 4. The topological polar surface area (TPSA) is 65.5 Å². The molecule has 2 N–H and O–H groups in total. The molecule has 0 radical (unpaired) electrons. The van der Waals surface area contributed by atoms with Gasteiger partial charge < -0.3 is 10.4 Å². The summed E-state index contributed by atoms with van der Waals surface area (Å²) in [6, 6.07) is 6.44. The van der Waals surface area contributed by atoms with Crippen molar-refractivity contribution < 1.29 is 14.3 Å². The van der Waals surface area contributed by atoms with Gasteiger partial charge in [0.1, 0.15) is 5.82 Å². The van der Waals surface area contributed by atoms with Crippen molar-refractivity contribution in [2.24, 2.45) is 0 Å². The molecule has 138 valence electrons. The fourth-order valence-electron chi connectivity index (χ4n) is 4.31. The first-order valence-corrected chi connectivity index (χ1v) is 9.77. The summed E-state index contributed by atoms with van der Waals surface area (Å²) in [4.78, 5) is 18.9. The Balaban J connectivity index is 1.43. The molecule has 2 bridgehead atoms. The van der Waals surface area contributed by atoms with E-state index >= 15 is 0 Å². The molecule has 2 unspecified atom stereocenters. The van der Waals surface area contributed by atoms with Crippen LogP contribution in [0.2, 0.25) is 0 Å². The zero-order valence-corrected chi connectivity index (χ0v) is 15.4. The molecular formula is C19H22FN3O2S. The number of aliphatic hydroxyl groups is 1. The maximum Gasteiger partial charge on any atom is 0.240 e. The fraction of sp³-hybridized carbons (Fsp3) is 0.474. The van der Waals surface area contributed by atoms with Crippen LogP contribution >= 0.6 is 11.3 Å². The van der Waals surface area contributed by atoms with Crippen LogP contribution in [-0.4, -0.2) is 39.5 Å². The Kier molecular flexibility index (Phi) is 4.54. The van der Waals surface area contributed by atoms with Crippen molar-refractivity contribution in [1.29, 1.82) is 0 Å². The fourth-order valence-corrected chi connectivity index (χ4v) is 5.01. The second-order valence-electron chi connectivity index (χ2n) is 7.35. The van der Waals surface area contributed by atoms with Crippen LogP contribution in [0.5, 0.6) is 0 Å². The zero-order valence-electron chi connectivity index (χ0n) is 14.6. The number of nitrogens with zero attached hydrogens (tertiary/aromatic N) is 2. The number of benzene rings is 1. The second-order valence-corrected chi connectivity index (χ2v) is 8.20. The molecule has 26 heavy (non-hydrogen) atoms. The lowest BCUT2D eigenvalue weighted by Crippen LogP contribution is -2.51. The molecule has 1 aromatic carbocycles. The average molecular weight is 375 g/mol. The zero-order chi connectivity index (χ0) is 18.3. The third-order valence-corrected chi connectivity index (χ3v) is 6.37. The number of piperidine rings is 1. The van der Waals surface area contributed by atoms with Crippen molar-refractivity contribution >= 4 is 22.4 Å². The largest absolute Gasteiger partial charge is 0.385 e. The summed E-state index contributed by atoms with van der Waals surface area (Å²) in [6.45, 7) is 2.21. The van der Waals surface area contributed by atoms with E-state index in [9.17, 15) is 14.3 Å². The summed E-state index contributed by atoms with van der Waals surface area (Å²) in [6.07, 6.45) is 3.08. The number of aryl methyl sites for hydroxylation is 1. The monoisotopic (exact) mass is 375 g/mol. The number of anilines is 1. The highest BCUT2D eigenvalue weighted by Gasteiger charge is 2.48. The van der Waals surface area contributed by atoms with Crippen LogP contribution in [-0.2, 0) is 10.4 Å². The molecule has 0 spiro atoms. The van der Waals surface area contributed by atoms with Gasteiger partial charge in [0.15, 0.2) is 5.13 Å². The van der Waals surface area contributed by atoms with E-state index in [4.69, 9.17) is 0 Å². The average Bonchev–Trinajstić information content (AvgIpc) is 3.09. The Morgan fingerprint density at radius 3 is 2.58 bits per heavy atom. The minimum Gasteiger partial charge on any atom is -0.385 e. The maximum atomic E-state index is 13.2. The first-order valence-electron chi connectivity index (χ1n) is 8.89. The molecule has 2 fully saturated rings. The Morgan fingerprint density at radius 1 is 1.35 bits per heavy atom. The minimum atomic E-state index is -0.946. The van der Waals surface area contributed by atoms with Gasteiger partial charge in [0.25, 0.3) is 0 Å². The Labute approximate surface area is 155 Å². The van der Waals surface area contributed by atoms with Gasteiger partial charge in [-0.1, -0.05) is 12.1 Å². The molecule has 5 nitrogen and oxygen atoms in total. The predicted octanol–water partition coefficient (Wildman–Crippen LogP) is 3.04. The van der Waals surface area contributed by atoms with Gasteiger partial charge in [0.05, 0.1) is 17.8 Å². The van der Waals surface area contributed by atoms with Gasteiger partial charge in [0.2, 0.25) is 5.91 Å². The summed E-state index contributed by atoms with van der Waals surface area (Å²) in [5.41, 5.74) is 0.713. The molecule has 2 aliphatic heterocycles. The molecule has 0 aliphatic carbocycles. The summed E-state index contributed by atoms with van der Waals surface area (Å²) in [7, 11) is 0. The van der Waals surface area contributed by atoms with Gasteiger partial charge in [-0.15, -0.1) is 11.3 Å². The number of thiazole rings is 1. The van der Waals surface area contributed by atoms with Crippen LogP contribution in [0.3, 0.4) is 0 Å². The van der Waals surface area contributed by atoms with Crippen LogP contribution in [0.15, 0.2) is 29.6 Å². The second kappa shape index (κ2) is 6.72. The number of amides is 1. The van der Waals surface area contributed by atoms with Gasteiger partial charge in [-0.2, -0.15) is 0 Å². The first-order chi connectivity index (χ1) is 12.4. The van der Waals surface area contributed by atoms with Gasteiger partial charge in [-0.25, -0.2) is 9.37 Å². The number of halogens is 1.